The van der Waals surface area contributed by atoms with Crippen LogP contribution in [0.5, 0.6) is 0 Å². The second-order valence-corrected chi connectivity index (χ2v) is 8.65. The molecule has 2 N–H and O–H groups in total. The van der Waals surface area contributed by atoms with Crippen LogP contribution in [0.15, 0.2) is 4.99 Å². The first-order valence-electron chi connectivity index (χ1n) is 9.16. The molecule has 0 amide bonds. The summed E-state index contributed by atoms with van der Waals surface area (Å²) in [5.74, 6) is 2.32. The van der Waals surface area contributed by atoms with Crippen molar-refractivity contribution in [1.29, 1.82) is 0 Å². The van der Waals surface area contributed by atoms with Gasteiger partial charge in [0, 0.05) is 32.7 Å². The van der Waals surface area contributed by atoms with Gasteiger partial charge in [0.2, 0.25) is 10.0 Å². The minimum Gasteiger partial charge on any atom is -0.356 e. The molecule has 0 bridgehead atoms. The normalized spacial score (nSPS) is 19.1. The summed E-state index contributed by atoms with van der Waals surface area (Å²) in [6, 6.07) is -0.0275. The third kappa shape index (κ3) is 5.66. The van der Waals surface area contributed by atoms with Gasteiger partial charge in [-0.2, -0.15) is 4.31 Å². The highest BCUT2D eigenvalue weighted by Gasteiger charge is 2.31. The summed E-state index contributed by atoms with van der Waals surface area (Å²) in [4.78, 5) is 4.59. The monoisotopic (exact) mass is 385 g/mol. The van der Waals surface area contributed by atoms with Crippen LogP contribution in [0.4, 0.5) is 0 Å². The van der Waals surface area contributed by atoms with Crippen LogP contribution in [0.2, 0.25) is 0 Å². The average molecular weight is 386 g/mol. The molecule has 0 aliphatic carbocycles. The molecule has 148 valence electrons. The molecular formula is C16H31N7O2S. The zero-order valence-corrected chi connectivity index (χ0v) is 17.0. The fraction of sp³-hybridized carbons (Fsp3) is 0.812. The Hall–Kier alpha value is -1.68. The standard InChI is InChI=1S/C16H31N7O2S/c1-5-6-9-17-16(19-12-15-21-20-13(2)22(15)3)18-11-14-8-7-10-23(14)26(4,24)25/h14H,5-12H2,1-4H3,(H2,17,18,19)/t14-/m1/s1. The number of hydrogen-bond donors (Lipinski definition) is 2. The van der Waals surface area contributed by atoms with Crippen LogP contribution in [-0.4, -0.2) is 65.4 Å². The van der Waals surface area contributed by atoms with Gasteiger partial charge in [0.15, 0.2) is 11.8 Å². The first kappa shape index (κ1) is 20.6. The minimum atomic E-state index is -3.17. The molecule has 0 spiro atoms. The predicted molar refractivity (Wildman–Crippen MR) is 102 cm³/mol. The summed E-state index contributed by atoms with van der Waals surface area (Å²) in [6.45, 7) is 6.41. The number of aromatic nitrogens is 3. The predicted octanol–water partition coefficient (Wildman–Crippen LogP) is 0.383. The molecular weight excluding hydrogens is 354 g/mol. The number of aryl methyl sites for hydroxylation is 1. The number of guanidine groups is 1. The molecule has 1 aromatic rings. The first-order chi connectivity index (χ1) is 12.3. The molecule has 10 heteroatoms. The van der Waals surface area contributed by atoms with E-state index in [2.05, 4.69) is 32.7 Å². The van der Waals surface area contributed by atoms with Crippen LogP contribution >= 0.6 is 0 Å². The van der Waals surface area contributed by atoms with Crippen molar-refractivity contribution < 1.29 is 8.42 Å². The summed E-state index contributed by atoms with van der Waals surface area (Å²) in [6.07, 6.45) is 5.17. The third-order valence-electron chi connectivity index (χ3n) is 4.64. The largest absolute Gasteiger partial charge is 0.356 e. The maximum absolute atomic E-state index is 11.9. The van der Waals surface area contributed by atoms with E-state index in [0.717, 1.165) is 43.9 Å². The Morgan fingerprint density at radius 1 is 1.35 bits per heavy atom. The molecule has 1 fully saturated rings. The Balaban J connectivity index is 1.99. The lowest BCUT2D eigenvalue weighted by Gasteiger charge is -2.23. The van der Waals surface area contributed by atoms with Crippen molar-refractivity contribution in [2.75, 3.05) is 25.9 Å². The fourth-order valence-corrected chi connectivity index (χ4v) is 4.14. The van der Waals surface area contributed by atoms with Crippen molar-refractivity contribution in [2.24, 2.45) is 12.0 Å². The molecule has 0 radical (unpaired) electrons. The van der Waals surface area contributed by atoms with E-state index in [9.17, 15) is 8.42 Å². The molecule has 0 unspecified atom stereocenters. The summed E-state index contributed by atoms with van der Waals surface area (Å²) in [5, 5.41) is 14.8. The van der Waals surface area contributed by atoms with Crippen molar-refractivity contribution in [2.45, 2.75) is 52.1 Å². The molecule has 1 atom stereocenters. The van der Waals surface area contributed by atoms with E-state index >= 15 is 0 Å². The van der Waals surface area contributed by atoms with E-state index in [0.29, 0.717) is 25.6 Å². The van der Waals surface area contributed by atoms with E-state index in [1.807, 2.05) is 18.5 Å². The van der Waals surface area contributed by atoms with Crippen molar-refractivity contribution >= 4 is 16.0 Å². The van der Waals surface area contributed by atoms with Gasteiger partial charge in [-0.15, -0.1) is 10.2 Å². The Labute approximate surface area is 156 Å². The van der Waals surface area contributed by atoms with Gasteiger partial charge >= 0.3 is 0 Å². The highest BCUT2D eigenvalue weighted by Crippen LogP contribution is 2.19. The summed E-state index contributed by atoms with van der Waals surface area (Å²) >= 11 is 0. The SMILES string of the molecule is CCCCNC(=NCc1nnc(C)n1C)NC[C@H]1CCCN1S(C)(=O)=O. The number of unbranched alkanes of at least 4 members (excludes halogenated alkanes) is 1. The number of hydrogen-bond acceptors (Lipinski definition) is 5. The smallest absolute Gasteiger partial charge is 0.211 e. The maximum Gasteiger partial charge on any atom is 0.211 e. The maximum atomic E-state index is 11.9. The van der Waals surface area contributed by atoms with E-state index in [4.69, 9.17) is 0 Å². The number of sulfonamides is 1. The molecule has 0 aromatic carbocycles. The topological polar surface area (TPSA) is 105 Å². The van der Waals surface area contributed by atoms with E-state index < -0.39 is 10.0 Å². The summed E-state index contributed by atoms with van der Waals surface area (Å²) in [7, 11) is -1.25. The Morgan fingerprint density at radius 2 is 2.12 bits per heavy atom. The number of nitrogens with zero attached hydrogens (tertiary/aromatic N) is 5. The van der Waals surface area contributed by atoms with Crippen LogP contribution in [0.1, 0.15) is 44.3 Å². The highest BCUT2D eigenvalue weighted by atomic mass is 32.2. The van der Waals surface area contributed by atoms with Gasteiger partial charge in [0.25, 0.3) is 0 Å². The Kier molecular flexibility index (Phi) is 7.39. The van der Waals surface area contributed by atoms with Gasteiger partial charge < -0.3 is 15.2 Å². The summed E-state index contributed by atoms with van der Waals surface area (Å²) in [5.41, 5.74) is 0. The van der Waals surface area contributed by atoms with E-state index in [-0.39, 0.29) is 6.04 Å². The van der Waals surface area contributed by atoms with Gasteiger partial charge in [0.05, 0.1) is 6.26 Å². The molecule has 9 nitrogen and oxygen atoms in total. The van der Waals surface area contributed by atoms with Crippen LogP contribution in [0.25, 0.3) is 0 Å². The highest BCUT2D eigenvalue weighted by molar-refractivity contribution is 7.88. The minimum absolute atomic E-state index is 0.0275. The fourth-order valence-electron chi connectivity index (χ4n) is 2.96. The number of rotatable bonds is 8. The van der Waals surface area contributed by atoms with E-state index in [1.165, 1.54) is 6.26 Å². The van der Waals surface area contributed by atoms with Crippen molar-refractivity contribution in [3.63, 3.8) is 0 Å². The third-order valence-corrected chi connectivity index (χ3v) is 5.97. The molecule has 2 rings (SSSR count). The lowest BCUT2D eigenvalue weighted by Crippen LogP contribution is -2.46. The second kappa shape index (κ2) is 9.31. The Bertz CT molecular complexity index is 714. The number of aliphatic imine (C=N–C) groups is 1. The van der Waals surface area contributed by atoms with Gasteiger partial charge in [-0.3, -0.25) is 0 Å². The van der Waals surface area contributed by atoms with E-state index in [1.54, 1.807) is 4.31 Å². The Morgan fingerprint density at radius 3 is 2.73 bits per heavy atom. The lowest BCUT2D eigenvalue weighted by molar-refractivity contribution is 0.387. The zero-order valence-electron chi connectivity index (χ0n) is 16.2. The van der Waals surface area contributed by atoms with Gasteiger partial charge in [0.1, 0.15) is 12.4 Å². The van der Waals surface area contributed by atoms with Gasteiger partial charge in [-0.1, -0.05) is 13.3 Å². The van der Waals surface area contributed by atoms with Crippen molar-refractivity contribution in [3.8, 4) is 0 Å². The molecule has 1 aliphatic heterocycles. The number of nitrogens with one attached hydrogen (secondary N) is 2. The van der Waals surface area contributed by atoms with Crippen LogP contribution < -0.4 is 10.6 Å². The molecule has 26 heavy (non-hydrogen) atoms. The molecule has 1 saturated heterocycles. The molecule has 1 aliphatic rings. The first-order valence-corrected chi connectivity index (χ1v) is 11.0. The molecule has 0 saturated carbocycles. The van der Waals surface area contributed by atoms with Crippen molar-refractivity contribution in [1.82, 2.24) is 29.7 Å². The van der Waals surface area contributed by atoms with Crippen LogP contribution in [-0.2, 0) is 23.6 Å². The average Bonchev–Trinajstić information content (AvgIpc) is 3.18. The second-order valence-electron chi connectivity index (χ2n) is 6.72. The quantitative estimate of drug-likeness (QED) is 0.381. The van der Waals surface area contributed by atoms with Crippen molar-refractivity contribution in [3.05, 3.63) is 11.6 Å². The van der Waals surface area contributed by atoms with Crippen LogP contribution in [0, 0.1) is 6.92 Å². The zero-order chi connectivity index (χ0) is 19.2. The van der Waals surface area contributed by atoms with Gasteiger partial charge in [-0.05, 0) is 26.2 Å². The van der Waals surface area contributed by atoms with Crippen LogP contribution in [0.3, 0.4) is 0 Å². The summed E-state index contributed by atoms with van der Waals surface area (Å²) < 4.78 is 27.3. The molecule has 2 heterocycles. The molecule has 1 aromatic heterocycles. The lowest BCUT2D eigenvalue weighted by atomic mass is 10.2. The van der Waals surface area contributed by atoms with Gasteiger partial charge in [-0.25, -0.2) is 13.4 Å².